The third-order valence-electron chi connectivity index (χ3n) is 5.16. The van der Waals surface area contributed by atoms with E-state index in [2.05, 4.69) is 52.4 Å². The average Bonchev–Trinajstić information content (AvgIpc) is 3.12. The normalized spacial score (nSPS) is 15.0. The van der Waals surface area contributed by atoms with Crippen molar-refractivity contribution in [3.05, 3.63) is 65.5 Å². The van der Waals surface area contributed by atoms with Crippen molar-refractivity contribution in [1.29, 1.82) is 0 Å². The molecule has 1 fully saturated rings. The lowest BCUT2D eigenvalue weighted by Crippen LogP contribution is -2.47. The minimum atomic E-state index is 0.0627. The molecule has 4 rings (SSSR count). The molecular formula is C22H25N3OS. The van der Waals surface area contributed by atoms with E-state index in [4.69, 9.17) is 0 Å². The van der Waals surface area contributed by atoms with Gasteiger partial charge in [0.25, 0.3) is 0 Å². The Morgan fingerprint density at radius 3 is 2.59 bits per heavy atom. The molecule has 4 nitrogen and oxygen atoms in total. The van der Waals surface area contributed by atoms with E-state index >= 15 is 0 Å². The molecule has 0 radical (unpaired) electrons. The van der Waals surface area contributed by atoms with E-state index in [-0.39, 0.29) is 6.03 Å². The van der Waals surface area contributed by atoms with Crippen LogP contribution in [0, 0.1) is 0 Å². The van der Waals surface area contributed by atoms with Crippen LogP contribution in [0.1, 0.15) is 18.4 Å². The lowest BCUT2D eigenvalue weighted by atomic mass is 10.0. The number of likely N-dealkylation sites (tertiary alicyclic amines) is 1. The number of fused-ring (bicyclic) bond motifs is 1. The van der Waals surface area contributed by atoms with Gasteiger partial charge in [-0.1, -0.05) is 36.4 Å². The maximum atomic E-state index is 12.5. The van der Waals surface area contributed by atoms with Crippen molar-refractivity contribution < 1.29 is 4.79 Å². The minimum absolute atomic E-state index is 0.0627. The van der Waals surface area contributed by atoms with Crippen LogP contribution in [0.25, 0.3) is 10.1 Å². The molecule has 5 heteroatoms. The van der Waals surface area contributed by atoms with Gasteiger partial charge in [-0.25, -0.2) is 4.79 Å². The van der Waals surface area contributed by atoms with Crippen LogP contribution in [0.15, 0.2) is 60.0 Å². The number of hydrogen-bond acceptors (Lipinski definition) is 3. The fourth-order valence-corrected chi connectivity index (χ4v) is 4.64. The number of nitrogens with zero attached hydrogens (tertiary/aromatic N) is 1. The van der Waals surface area contributed by atoms with Gasteiger partial charge in [0.1, 0.15) is 0 Å². The molecule has 0 unspecified atom stereocenters. The molecule has 1 aliphatic heterocycles. The van der Waals surface area contributed by atoms with Crippen molar-refractivity contribution in [2.45, 2.75) is 25.3 Å². The van der Waals surface area contributed by atoms with Crippen LogP contribution in [0.3, 0.4) is 0 Å². The molecule has 2 amide bonds. The number of piperidine rings is 1. The SMILES string of the molecule is O=C(NCCc1csc2ccccc12)N1CCC(Nc2ccccc2)CC1. The van der Waals surface area contributed by atoms with E-state index in [9.17, 15) is 4.79 Å². The summed E-state index contributed by atoms with van der Waals surface area (Å²) >= 11 is 1.77. The van der Waals surface area contributed by atoms with Crippen molar-refractivity contribution in [3.63, 3.8) is 0 Å². The fraction of sp³-hybridized carbons (Fsp3) is 0.318. The summed E-state index contributed by atoms with van der Waals surface area (Å²) < 4.78 is 1.31. The molecule has 1 saturated heterocycles. The van der Waals surface area contributed by atoms with Gasteiger partial charge in [0.05, 0.1) is 0 Å². The third-order valence-corrected chi connectivity index (χ3v) is 6.17. The molecular weight excluding hydrogens is 354 g/mol. The Morgan fingerprint density at radius 1 is 1.04 bits per heavy atom. The highest BCUT2D eigenvalue weighted by Crippen LogP contribution is 2.25. The van der Waals surface area contributed by atoms with Crippen LogP contribution in [0.2, 0.25) is 0 Å². The number of hydrogen-bond donors (Lipinski definition) is 2. The van der Waals surface area contributed by atoms with Gasteiger partial charge in [-0.05, 0) is 53.8 Å². The lowest BCUT2D eigenvalue weighted by molar-refractivity contribution is 0.184. The van der Waals surface area contributed by atoms with Crippen molar-refractivity contribution in [2.75, 3.05) is 25.0 Å². The Labute approximate surface area is 164 Å². The first-order valence-corrected chi connectivity index (χ1v) is 10.5. The van der Waals surface area contributed by atoms with Crippen molar-refractivity contribution in [1.82, 2.24) is 10.2 Å². The predicted molar refractivity (Wildman–Crippen MR) is 114 cm³/mol. The second kappa shape index (κ2) is 8.44. The number of carbonyl (C=O) groups excluding carboxylic acids is 1. The van der Waals surface area contributed by atoms with Crippen LogP contribution in [0.5, 0.6) is 0 Å². The molecule has 140 valence electrons. The number of para-hydroxylation sites is 1. The number of anilines is 1. The number of urea groups is 1. The summed E-state index contributed by atoms with van der Waals surface area (Å²) in [7, 11) is 0. The summed E-state index contributed by atoms with van der Waals surface area (Å²) in [4.78, 5) is 14.4. The molecule has 0 spiro atoms. The maximum absolute atomic E-state index is 12.5. The molecule has 2 aromatic carbocycles. The number of nitrogens with one attached hydrogen (secondary N) is 2. The summed E-state index contributed by atoms with van der Waals surface area (Å²) in [5.41, 5.74) is 2.48. The van der Waals surface area contributed by atoms with Crippen LogP contribution in [-0.4, -0.2) is 36.6 Å². The summed E-state index contributed by atoms with van der Waals surface area (Å²) in [6.07, 6.45) is 2.84. The molecule has 3 aromatic rings. The first kappa shape index (κ1) is 17.9. The van der Waals surface area contributed by atoms with E-state index < -0.39 is 0 Å². The van der Waals surface area contributed by atoms with Gasteiger partial charge in [-0.2, -0.15) is 0 Å². The quantitative estimate of drug-likeness (QED) is 0.673. The molecule has 1 aliphatic rings. The van der Waals surface area contributed by atoms with Gasteiger partial charge in [0.15, 0.2) is 0 Å². The lowest BCUT2D eigenvalue weighted by Gasteiger charge is -2.33. The Bertz CT molecular complexity index is 885. The third kappa shape index (κ3) is 4.42. The zero-order valence-electron chi connectivity index (χ0n) is 15.4. The van der Waals surface area contributed by atoms with Crippen LogP contribution >= 0.6 is 11.3 Å². The van der Waals surface area contributed by atoms with Crippen LogP contribution in [0.4, 0.5) is 10.5 Å². The second-order valence-corrected chi connectivity index (χ2v) is 7.92. The fourth-order valence-electron chi connectivity index (χ4n) is 3.64. The minimum Gasteiger partial charge on any atom is -0.382 e. The molecule has 0 atom stereocenters. The summed E-state index contributed by atoms with van der Waals surface area (Å²) in [6.45, 7) is 2.29. The van der Waals surface area contributed by atoms with Gasteiger partial charge in [0, 0.05) is 36.1 Å². The highest BCUT2D eigenvalue weighted by Gasteiger charge is 2.22. The van der Waals surface area contributed by atoms with Gasteiger partial charge in [0.2, 0.25) is 0 Å². The van der Waals surface area contributed by atoms with Gasteiger partial charge >= 0.3 is 6.03 Å². The number of carbonyl (C=O) groups is 1. The van der Waals surface area contributed by atoms with E-state index in [0.29, 0.717) is 12.6 Å². The number of rotatable bonds is 5. The Hall–Kier alpha value is -2.53. The number of benzene rings is 2. The molecule has 0 saturated carbocycles. The van der Waals surface area contributed by atoms with E-state index in [0.717, 1.165) is 38.0 Å². The predicted octanol–water partition coefficient (Wildman–Crippen LogP) is 4.73. The topological polar surface area (TPSA) is 44.4 Å². The van der Waals surface area contributed by atoms with E-state index in [1.165, 1.54) is 15.6 Å². The monoisotopic (exact) mass is 379 g/mol. The standard InChI is InChI=1S/C22H25N3OS/c26-22(23-13-10-17-16-27-21-9-5-4-8-20(17)21)25-14-11-19(12-15-25)24-18-6-2-1-3-7-18/h1-9,16,19,24H,10-15H2,(H,23,26). The number of amides is 2. The number of thiophene rings is 1. The average molecular weight is 380 g/mol. The zero-order chi connectivity index (χ0) is 18.5. The van der Waals surface area contributed by atoms with E-state index in [1.54, 1.807) is 11.3 Å². The van der Waals surface area contributed by atoms with Crippen molar-refractivity contribution in [2.24, 2.45) is 0 Å². The molecule has 27 heavy (non-hydrogen) atoms. The van der Waals surface area contributed by atoms with E-state index in [1.807, 2.05) is 23.1 Å². The van der Waals surface area contributed by atoms with Crippen molar-refractivity contribution >= 4 is 33.1 Å². The summed E-state index contributed by atoms with van der Waals surface area (Å²) in [5, 5.41) is 10.2. The molecule has 0 bridgehead atoms. The van der Waals surface area contributed by atoms with Gasteiger partial charge in [-0.3, -0.25) is 0 Å². The molecule has 1 aromatic heterocycles. The van der Waals surface area contributed by atoms with Gasteiger partial charge < -0.3 is 15.5 Å². The summed E-state index contributed by atoms with van der Waals surface area (Å²) in [5.74, 6) is 0. The zero-order valence-corrected chi connectivity index (χ0v) is 16.2. The summed E-state index contributed by atoms with van der Waals surface area (Å²) in [6, 6.07) is 19.2. The van der Waals surface area contributed by atoms with Crippen LogP contribution < -0.4 is 10.6 Å². The highest BCUT2D eigenvalue weighted by molar-refractivity contribution is 7.17. The largest absolute Gasteiger partial charge is 0.382 e. The smallest absolute Gasteiger partial charge is 0.317 e. The first-order chi connectivity index (χ1) is 13.3. The molecule has 0 aliphatic carbocycles. The molecule has 2 heterocycles. The Balaban J connectivity index is 1.21. The highest BCUT2D eigenvalue weighted by atomic mass is 32.1. The second-order valence-electron chi connectivity index (χ2n) is 7.01. The van der Waals surface area contributed by atoms with Crippen LogP contribution in [-0.2, 0) is 6.42 Å². The van der Waals surface area contributed by atoms with Gasteiger partial charge in [-0.15, -0.1) is 11.3 Å². The Morgan fingerprint density at radius 2 is 1.78 bits per heavy atom. The molecule has 2 N–H and O–H groups in total. The van der Waals surface area contributed by atoms with Crippen molar-refractivity contribution in [3.8, 4) is 0 Å². The first-order valence-electron chi connectivity index (χ1n) is 9.59. The Kier molecular flexibility index (Phi) is 5.58. The maximum Gasteiger partial charge on any atom is 0.317 e.